The Bertz CT molecular complexity index is 2260. The summed E-state index contributed by atoms with van der Waals surface area (Å²) in [5.41, 5.74) is 8.85. The maximum Gasteiger partial charge on any atom is 0.0975 e. The zero-order valence-electron chi connectivity index (χ0n) is 21.7. The second-order valence-corrected chi connectivity index (χ2v) is 11.3. The zero-order valence-corrected chi connectivity index (χ0v) is 22.5. The van der Waals surface area contributed by atoms with E-state index in [1.54, 1.807) is 0 Å². The van der Waals surface area contributed by atoms with E-state index in [9.17, 15) is 0 Å². The average molecular weight is 517 g/mol. The van der Waals surface area contributed by atoms with Gasteiger partial charge in [0.25, 0.3) is 0 Å². The molecule has 0 spiro atoms. The van der Waals surface area contributed by atoms with Crippen molar-refractivity contribution in [3.63, 3.8) is 0 Å². The van der Waals surface area contributed by atoms with E-state index in [1.165, 1.54) is 53.2 Å². The van der Waals surface area contributed by atoms with Crippen LogP contribution in [0.15, 0.2) is 109 Å². The molecule has 0 aliphatic rings. The van der Waals surface area contributed by atoms with Crippen LogP contribution in [-0.4, -0.2) is 9.97 Å². The van der Waals surface area contributed by atoms with Gasteiger partial charge in [-0.3, -0.25) is 0 Å². The van der Waals surface area contributed by atoms with Crippen LogP contribution in [0.2, 0.25) is 0 Å². The highest BCUT2D eigenvalue weighted by molar-refractivity contribution is 7.26. The van der Waals surface area contributed by atoms with E-state index in [4.69, 9.17) is 9.97 Å². The maximum atomic E-state index is 5.00. The Morgan fingerprint density at radius 2 is 1.08 bits per heavy atom. The lowest BCUT2D eigenvalue weighted by molar-refractivity contribution is 1.11. The molecule has 184 valence electrons. The Morgan fingerprint density at radius 3 is 1.90 bits per heavy atom. The van der Waals surface area contributed by atoms with Crippen molar-refractivity contribution >= 4 is 64.1 Å². The molecule has 0 aliphatic heterocycles. The van der Waals surface area contributed by atoms with Crippen molar-refractivity contribution in [2.45, 2.75) is 13.8 Å². The van der Waals surface area contributed by atoms with Gasteiger partial charge in [0.1, 0.15) is 0 Å². The third-order valence-electron chi connectivity index (χ3n) is 7.97. The summed E-state index contributed by atoms with van der Waals surface area (Å²) in [5, 5.41) is 7.38. The summed E-state index contributed by atoms with van der Waals surface area (Å²) >= 11 is 1.88. The first-order valence-corrected chi connectivity index (χ1v) is 14.1. The molecule has 0 fully saturated rings. The van der Waals surface area contributed by atoms with Gasteiger partial charge in [0, 0.05) is 30.9 Å². The first-order chi connectivity index (χ1) is 19.2. The van der Waals surface area contributed by atoms with Crippen molar-refractivity contribution in [1.82, 2.24) is 9.97 Å². The molecule has 3 heteroatoms. The minimum absolute atomic E-state index is 0.976. The van der Waals surface area contributed by atoms with Crippen molar-refractivity contribution < 1.29 is 0 Å². The largest absolute Gasteiger partial charge is 0.249 e. The van der Waals surface area contributed by atoms with E-state index < -0.39 is 0 Å². The van der Waals surface area contributed by atoms with Crippen LogP contribution in [0.25, 0.3) is 75.0 Å². The van der Waals surface area contributed by atoms with E-state index in [-0.39, 0.29) is 0 Å². The van der Waals surface area contributed by atoms with Gasteiger partial charge >= 0.3 is 0 Å². The predicted octanol–water partition coefficient (Wildman–Crippen LogP) is 10.3. The Labute approximate surface area is 230 Å². The molecule has 2 nitrogen and oxygen atoms in total. The average Bonchev–Trinajstić information content (AvgIpc) is 3.37. The van der Waals surface area contributed by atoms with Gasteiger partial charge in [-0.15, -0.1) is 11.3 Å². The lowest BCUT2D eigenvalue weighted by atomic mass is 9.94. The van der Waals surface area contributed by atoms with Crippen molar-refractivity contribution in [1.29, 1.82) is 0 Å². The molecular formula is C36H24N2S. The van der Waals surface area contributed by atoms with Gasteiger partial charge in [0.05, 0.1) is 22.4 Å². The number of aromatic nitrogens is 2. The molecule has 0 atom stereocenters. The Morgan fingerprint density at radius 1 is 0.462 bits per heavy atom. The monoisotopic (exact) mass is 516 g/mol. The molecule has 2 aromatic heterocycles. The second-order valence-electron chi connectivity index (χ2n) is 10.3. The minimum Gasteiger partial charge on any atom is -0.249 e. The summed E-state index contributed by atoms with van der Waals surface area (Å²) < 4.78 is 2.68. The van der Waals surface area contributed by atoms with Crippen LogP contribution in [0.1, 0.15) is 11.4 Å². The van der Waals surface area contributed by atoms with Crippen LogP contribution in [0.5, 0.6) is 0 Å². The third-order valence-corrected chi connectivity index (χ3v) is 9.19. The van der Waals surface area contributed by atoms with Gasteiger partial charge in [-0.2, -0.15) is 0 Å². The summed E-state index contributed by atoms with van der Waals surface area (Å²) in [6.45, 7) is 4.08. The smallest absolute Gasteiger partial charge is 0.0975 e. The van der Waals surface area contributed by atoms with E-state index in [0.717, 1.165) is 33.2 Å². The van der Waals surface area contributed by atoms with Crippen molar-refractivity contribution in [2.24, 2.45) is 0 Å². The number of hydrogen-bond acceptors (Lipinski definition) is 3. The second kappa shape index (κ2) is 8.45. The summed E-state index contributed by atoms with van der Waals surface area (Å²) in [6.07, 6.45) is 0. The summed E-state index contributed by atoms with van der Waals surface area (Å²) in [7, 11) is 0. The molecule has 8 rings (SSSR count). The summed E-state index contributed by atoms with van der Waals surface area (Å²) in [4.78, 5) is 9.95. The standard InChI is InChI=1S/C36H24N2S/c1-21-22(2)38-35-30-18-17-24(20-32(30)27-11-3-4-13-29(27)34(35)37-21)23-9-7-10-25(19-23)26-14-8-15-31-28-12-5-6-16-33(28)39-36(26)31/h3-20H,1-2H3. The number of fused-ring (bicyclic) bond motifs is 9. The minimum atomic E-state index is 0.976. The molecule has 0 N–H and O–H groups in total. The molecule has 6 aromatic carbocycles. The van der Waals surface area contributed by atoms with Crippen LogP contribution >= 0.6 is 11.3 Å². The first kappa shape index (κ1) is 22.4. The molecule has 0 unspecified atom stereocenters. The predicted molar refractivity (Wildman–Crippen MR) is 168 cm³/mol. The van der Waals surface area contributed by atoms with Crippen molar-refractivity contribution in [3.05, 3.63) is 121 Å². The van der Waals surface area contributed by atoms with E-state index in [0.29, 0.717) is 0 Å². The van der Waals surface area contributed by atoms with Gasteiger partial charge in [-0.25, -0.2) is 9.97 Å². The van der Waals surface area contributed by atoms with Gasteiger partial charge in [-0.1, -0.05) is 91.0 Å². The number of benzene rings is 6. The Kier molecular flexibility index (Phi) is 4.85. The highest BCUT2D eigenvalue weighted by Crippen LogP contribution is 2.41. The summed E-state index contributed by atoms with van der Waals surface area (Å²) in [5.74, 6) is 0. The fourth-order valence-electron chi connectivity index (χ4n) is 5.90. The quantitative estimate of drug-likeness (QED) is 0.214. The number of nitrogens with zero attached hydrogens (tertiary/aromatic N) is 2. The van der Waals surface area contributed by atoms with E-state index in [1.807, 2.05) is 25.2 Å². The molecule has 0 aliphatic carbocycles. The highest BCUT2D eigenvalue weighted by Gasteiger charge is 2.14. The molecule has 8 aromatic rings. The molecule has 0 radical (unpaired) electrons. The van der Waals surface area contributed by atoms with E-state index in [2.05, 4.69) is 109 Å². The van der Waals surface area contributed by atoms with Crippen molar-refractivity contribution in [3.8, 4) is 22.3 Å². The number of thiophene rings is 1. The van der Waals surface area contributed by atoms with E-state index >= 15 is 0 Å². The Balaban J connectivity index is 1.34. The first-order valence-electron chi connectivity index (χ1n) is 13.3. The third kappa shape index (κ3) is 3.40. The normalized spacial score (nSPS) is 11.8. The van der Waals surface area contributed by atoms with Crippen LogP contribution in [-0.2, 0) is 0 Å². The van der Waals surface area contributed by atoms with Crippen LogP contribution in [0.4, 0.5) is 0 Å². The maximum absolute atomic E-state index is 5.00. The lowest BCUT2D eigenvalue weighted by Crippen LogP contribution is -1.96. The van der Waals surface area contributed by atoms with Gasteiger partial charge < -0.3 is 0 Å². The number of aryl methyl sites for hydroxylation is 2. The topological polar surface area (TPSA) is 25.8 Å². The molecule has 0 saturated heterocycles. The molecule has 0 saturated carbocycles. The Hall–Kier alpha value is -4.60. The number of rotatable bonds is 2. The van der Waals surface area contributed by atoms with Gasteiger partial charge in [0.2, 0.25) is 0 Å². The number of hydrogen-bond donors (Lipinski definition) is 0. The van der Waals surface area contributed by atoms with Gasteiger partial charge in [-0.05, 0) is 65.1 Å². The summed E-state index contributed by atoms with van der Waals surface area (Å²) in [6, 6.07) is 39.7. The van der Waals surface area contributed by atoms with Crippen LogP contribution in [0, 0.1) is 13.8 Å². The van der Waals surface area contributed by atoms with Crippen LogP contribution < -0.4 is 0 Å². The SMILES string of the molecule is Cc1nc2c3ccccc3c3cc(-c4cccc(-c5cccc6c5sc5ccccc56)c4)ccc3c2nc1C. The van der Waals surface area contributed by atoms with Crippen LogP contribution in [0.3, 0.4) is 0 Å². The van der Waals surface area contributed by atoms with Gasteiger partial charge in [0.15, 0.2) is 0 Å². The molecule has 0 amide bonds. The fraction of sp³-hybridized carbons (Fsp3) is 0.0556. The molecule has 2 heterocycles. The zero-order chi connectivity index (χ0) is 26.1. The molecule has 39 heavy (non-hydrogen) atoms. The fourth-order valence-corrected chi connectivity index (χ4v) is 7.14. The highest BCUT2D eigenvalue weighted by atomic mass is 32.1. The van der Waals surface area contributed by atoms with Crippen molar-refractivity contribution in [2.75, 3.05) is 0 Å². The molecule has 0 bridgehead atoms. The lowest BCUT2D eigenvalue weighted by Gasteiger charge is -2.13. The molecular weight excluding hydrogens is 492 g/mol.